The standard InChI is InChI=1S/C28H28ClF2N3O2/c1-18-13-24(29)16-23(25(18)33-26(35)22-4-2-3-20(15-22)17-32)14-19-7-11-34(12-8-19)27(36)21-5-9-28(30,31)10-6-21/h2-4,13-16,21H,5-12H2,1H3,(H,33,35). The van der Waals surface area contributed by atoms with Gasteiger partial charge in [0.15, 0.2) is 0 Å². The number of hydrogen-bond donors (Lipinski definition) is 1. The molecule has 1 heterocycles. The van der Waals surface area contributed by atoms with E-state index >= 15 is 0 Å². The number of carbonyl (C=O) groups excluding carboxylic acids is 2. The van der Waals surface area contributed by atoms with Gasteiger partial charge in [0.05, 0.1) is 17.3 Å². The smallest absolute Gasteiger partial charge is 0.255 e. The van der Waals surface area contributed by atoms with E-state index in [1.54, 1.807) is 41.3 Å². The normalized spacial score (nSPS) is 17.9. The second-order valence-corrected chi connectivity index (χ2v) is 10.0. The molecule has 0 atom stereocenters. The number of anilines is 1. The number of carbonyl (C=O) groups is 2. The number of aryl methyl sites for hydroxylation is 1. The van der Waals surface area contributed by atoms with E-state index in [1.165, 1.54) is 0 Å². The van der Waals surface area contributed by atoms with Crippen molar-refractivity contribution in [1.29, 1.82) is 5.26 Å². The number of piperidine rings is 1. The van der Waals surface area contributed by atoms with Crippen molar-refractivity contribution in [2.45, 2.75) is 51.4 Å². The number of halogens is 3. The molecule has 0 spiro atoms. The summed E-state index contributed by atoms with van der Waals surface area (Å²) >= 11 is 6.32. The van der Waals surface area contributed by atoms with Crippen molar-refractivity contribution in [3.8, 4) is 6.07 Å². The molecule has 36 heavy (non-hydrogen) atoms. The van der Waals surface area contributed by atoms with Gasteiger partial charge in [-0.3, -0.25) is 9.59 Å². The van der Waals surface area contributed by atoms with Crippen LogP contribution < -0.4 is 5.32 Å². The van der Waals surface area contributed by atoms with Crippen LogP contribution >= 0.6 is 11.6 Å². The van der Waals surface area contributed by atoms with Gasteiger partial charge in [-0.1, -0.05) is 29.3 Å². The molecule has 5 nitrogen and oxygen atoms in total. The van der Waals surface area contributed by atoms with E-state index < -0.39 is 5.92 Å². The molecule has 188 valence electrons. The minimum absolute atomic E-state index is 0.0179. The molecule has 2 aromatic carbocycles. The van der Waals surface area contributed by atoms with Crippen molar-refractivity contribution in [2.75, 3.05) is 18.4 Å². The van der Waals surface area contributed by atoms with Crippen LogP contribution in [-0.2, 0) is 4.79 Å². The van der Waals surface area contributed by atoms with E-state index in [-0.39, 0.29) is 43.4 Å². The van der Waals surface area contributed by atoms with Crippen molar-refractivity contribution in [1.82, 2.24) is 4.90 Å². The van der Waals surface area contributed by atoms with E-state index in [1.807, 2.05) is 19.1 Å². The maximum Gasteiger partial charge on any atom is 0.255 e. The molecule has 0 aromatic heterocycles. The van der Waals surface area contributed by atoms with Gasteiger partial charge in [0.25, 0.3) is 5.91 Å². The number of alkyl halides is 2. The molecular formula is C28H28ClF2N3O2. The predicted molar refractivity (Wildman–Crippen MR) is 136 cm³/mol. The van der Waals surface area contributed by atoms with Crippen LogP contribution in [0.15, 0.2) is 42.0 Å². The lowest BCUT2D eigenvalue weighted by Crippen LogP contribution is -2.42. The van der Waals surface area contributed by atoms with Crippen molar-refractivity contribution in [3.63, 3.8) is 0 Å². The van der Waals surface area contributed by atoms with Crippen LogP contribution in [0.25, 0.3) is 6.08 Å². The van der Waals surface area contributed by atoms with Crippen LogP contribution in [0.1, 0.15) is 65.6 Å². The van der Waals surface area contributed by atoms with Crippen LogP contribution in [0, 0.1) is 24.2 Å². The Bertz CT molecular complexity index is 1230. The number of likely N-dealkylation sites (tertiary alicyclic amines) is 1. The summed E-state index contributed by atoms with van der Waals surface area (Å²) in [6.45, 7) is 2.95. The highest BCUT2D eigenvalue weighted by Gasteiger charge is 2.38. The van der Waals surface area contributed by atoms with Gasteiger partial charge in [0, 0.05) is 42.4 Å². The first-order valence-electron chi connectivity index (χ1n) is 12.1. The molecule has 0 bridgehead atoms. The molecule has 1 aliphatic carbocycles. The Kier molecular flexibility index (Phi) is 7.75. The van der Waals surface area contributed by atoms with Gasteiger partial charge >= 0.3 is 0 Å². The molecule has 2 amide bonds. The monoisotopic (exact) mass is 511 g/mol. The third-order valence-corrected chi connectivity index (χ3v) is 7.18. The second-order valence-electron chi connectivity index (χ2n) is 9.59. The van der Waals surface area contributed by atoms with Crippen LogP contribution in [0.2, 0.25) is 5.02 Å². The molecule has 0 radical (unpaired) electrons. The Labute approximate surface area is 214 Å². The molecule has 1 N–H and O–H groups in total. The summed E-state index contributed by atoms with van der Waals surface area (Å²) in [4.78, 5) is 27.5. The largest absolute Gasteiger partial charge is 0.342 e. The Morgan fingerprint density at radius 2 is 1.86 bits per heavy atom. The molecule has 2 fully saturated rings. The van der Waals surface area contributed by atoms with Crippen molar-refractivity contribution >= 4 is 35.2 Å². The van der Waals surface area contributed by atoms with Crippen molar-refractivity contribution in [3.05, 3.63) is 69.2 Å². The van der Waals surface area contributed by atoms with Gasteiger partial charge in [-0.15, -0.1) is 0 Å². The summed E-state index contributed by atoms with van der Waals surface area (Å²) in [7, 11) is 0. The molecule has 1 aliphatic heterocycles. The number of benzene rings is 2. The Morgan fingerprint density at radius 1 is 1.17 bits per heavy atom. The van der Waals surface area contributed by atoms with Crippen LogP contribution in [0.4, 0.5) is 14.5 Å². The van der Waals surface area contributed by atoms with Gasteiger partial charge in [0.1, 0.15) is 0 Å². The van der Waals surface area contributed by atoms with Crippen LogP contribution in [-0.4, -0.2) is 35.7 Å². The predicted octanol–water partition coefficient (Wildman–Crippen LogP) is 6.60. The average Bonchev–Trinajstić information content (AvgIpc) is 2.86. The SMILES string of the molecule is Cc1cc(Cl)cc(C=C2CCN(C(=O)C3CCC(F)(F)CC3)CC2)c1NC(=O)c1cccc(C#N)c1. The summed E-state index contributed by atoms with van der Waals surface area (Å²) in [5, 5.41) is 12.6. The molecular weight excluding hydrogens is 484 g/mol. The topological polar surface area (TPSA) is 73.2 Å². The van der Waals surface area contributed by atoms with Gasteiger partial charge in [-0.25, -0.2) is 8.78 Å². The van der Waals surface area contributed by atoms with Gasteiger partial charge in [-0.2, -0.15) is 5.26 Å². The lowest BCUT2D eigenvalue weighted by atomic mass is 9.85. The zero-order valence-corrected chi connectivity index (χ0v) is 20.9. The number of amides is 2. The van der Waals surface area contributed by atoms with Gasteiger partial charge in [0.2, 0.25) is 11.8 Å². The van der Waals surface area contributed by atoms with Crippen LogP contribution in [0.3, 0.4) is 0 Å². The Morgan fingerprint density at radius 3 is 2.53 bits per heavy atom. The molecule has 0 unspecified atom stereocenters. The fourth-order valence-electron chi connectivity index (χ4n) is 4.89. The number of hydrogen-bond acceptors (Lipinski definition) is 3. The summed E-state index contributed by atoms with van der Waals surface area (Å²) in [6.07, 6.45) is 3.39. The molecule has 1 saturated heterocycles. The first-order chi connectivity index (χ1) is 17.1. The van der Waals surface area contributed by atoms with Gasteiger partial charge in [-0.05, 0) is 74.1 Å². The maximum atomic E-state index is 13.5. The number of nitrogens with zero attached hydrogens (tertiary/aromatic N) is 2. The van der Waals surface area contributed by atoms with Crippen LogP contribution in [0.5, 0.6) is 0 Å². The first kappa shape index (κ1) is 25.8. The second kappa shape index (κ2) is 10.8. The summed E-state index contributed by atoms with van der Waals surface area (Å²) in [6, 6.07) is 12.1. The molecule has 2 aliphatic rings. The molecule has 1 saturated carbocycles. The fourth-order valence-corrected chi connectivity index (χ4v) is 5.17. The minimum atomic E-state index is -2.64. The Hall–Kier alpha value is -3.24. The lowest BCUT2D eigenvalue weighted by Gasteiger charge is -2.34. The molecule has 8 heteroatoms. The summed E-state index contributed by atoms with van der Waals surface area (Å²) in [5.41, 5.74) is 4.13. The highest BCUT2D eigenvalue weighted by atomic mass is 35.5. The van der Waals surface area contributed by atoms with Crippen molar-refractivity contribution < 1.29 is 18.4 Å². The van der Waals surface area contributed by atoms with E-state index in [9.17, 15) is 18.4 Å². The van der Waals surface area contributed by atoms with E-state index in [0.717, 1.165) is 16.7 Å². The van der Waals surface area contributed by atoms with Crippen molar-refractivity contribution in [2.24, 2.45) is 5.92 Å². The summed E-state index contributed by atoms with van der Waals surface area (Å²) in [5.74, 6) is -3.30. The number of rotatable bonds is 4. The molecule has 4 rings (SSSR count). The first-order valence-corrected chi connectivity index (χ1v) is 12.5. The summed E-state index contributed by atoms with van der Waals surface area (Å²) < 4.78 is 26.9. The van der Waals surface area contributed by atoms with E-state index in [4.69, 9.17) is 16.9 Å². The fraction of sp³-hybridized carbons (Fsp3) is 0.393. The maximum absolute atomic E-state index is 13.5. The zero-order valence-electron chi connectivity index (χ0n) is 20.1. The average molecular weight is 512 g/mol. The lowest BCUT2D eigenvalue weighted by molar-refractivity contribution is -0.140. The Balaban J connectivity index is 1.46. The quantitative estimate of drug-likeness (QED) is 0.502. The van der Waals surface area contributed by atoms with E-state index in [0.29, 0.717) is 47.8 Å². The highest BCUT2D eigenvalue weighted by Crippen LogP contribution is 2.37. The molecule has 2 aromatic rings. The van der Waals surface area contributed by atoms with Gasteiger partial charge < -0.3 is 10.2 Å². The number of nitrogens with one attached hydrogen (secondary N) is 1. The third kappa shape index (κ3) is 6.11. The third-order valence-electron chi connectivity index (χ3n) is 6.97. The highest BCUT2D eigenvalue weighted by molar-refractivity contribution is 6.31. The number of nitriles is 1. The zero-order chi connectivity index (χ0) is 25.9. The van der Waals surface area contributed by atoms with E-state index in [2.05, 4.69) is 5.32 Å². The minimum Gasteiger partial charge on any atom is -0.342 e.